The summed E-state index contributed by atoms with van der Waals surface area (Å²) in [5, 5.41) is 13.6. The van der Waals surface area contributed by atoms with Gasteiger partial charge < -0.3 is 15.3 Å². The molecule has 118 valence electrons. The van der Waals surface area contributed by atoms with Crippen LogP contribution >= 0.6 is 0 Å². The van der Waals surface area contributed by atoms with E-state index in [2.05, 4.69) is 55.4 Å². The molecule has 0 aromatic heterocycles. The molecule has 2 rings (SSSR count). The average Bonchev–Trinajstić information content (AvgIpc) is 3.36. The summed E-state index contributed by atoms with van der Waals surface area (Å²) in [4.78, 5) is 2.27. The van der Waals surface area contributed by atoms with Gasteiger partial charge in [-0.25, -0.2) is 0 Å². The van der Waals surface area contributed by atoms with Crippen molar-refractivity contribution >= 4 is 5.69 Å². The molecule has 1 atom stereocenters. The molecule has 0 amide bonds. The van der Waals surface area contributed by atoms with Crippen LogP contribution in [0.25, 0.3) is 0 Å². The molecule has 0 bridgehead atoms. The summed E-state index contributed by atoms with van der Waals surface area (Å²) in [6.45, 7) is 6.40. The van der Waals surface area contributed by atoms with Gasteiger partial charge in [0.25, 0.3) is 0 Å². The first-order valence-corrected chi connectivity index (χ1v) is 8.31. The maximum absolute atomic E-state index is 10.0. The van der Waals surface area contributed by atoms with Gasteiger partial charge in [-0.3, -0.25) is 0 Å². The second kappa shape index (κ2) is 7.28. The SMILES string of the molecule is CCCNC(CO)(CN(C)c1ccc(CC)cc1)C1CC1. The first kappa shape index (κ1) is 16.3. The lowest BCUT2D eigenvalue weighted by atomic mass is 9.92. The number of aliphatic hydroxyl groups excluding tert-OH is 1. The minimum atomic E-state index is -0.145. The Hall–Kier alpha value is -1.06. The van der Waals surface area contributed by atoms with Crippen LogP contribution in [0.1, 0.15) is 38.7 Å². The van der Waals surface area contributed by atoms with Crippen LogP contribution in [-0.2, 0) is 6.42 Å². The number of nitrogens with zero attached hydrogens (tertiary/aromatic N) is 1. The number of hydrogen-bond acceptors (Lipinski definition) is 3. The summed E-state index contributed by atoms with van der Waals surface area (Å²) in [6, 6.07) is 8.77. The van der Waals surface area contributed by atoms with Crippen molar-refractivity contribution in [2.24, 2.45) is 5.92 Å². The summed E-state index contributed by atoms with van der Waals surface area (Å²) in [6.07, 6.45) is 4.65. The zero-order chi connectivity index (χ0) is 15.3. The molecule has 0 spiro atoms. The highest BCUT2D eigenvalue weighted by Crippen LogP contribution is 2.40. The summed E-state index contributed by atoms with van der Waals surface area (Å²) in [5.41, 5.74) is 2.45. The molecule has 0 saturated heterocycles. The van der Waals surface area contributed by atoms with E-state index in [1.165, 1.54) is 24.1 Å². The Morgan fingerprint density at radius 2 is 1.90 bits per heavy atom. The molecular weight excluding hydrogens is 260 g/mol. The lowest BCUT2D eigenvalue weighted by Crippen LogP contribution is -2.57. The van der Waals surface area contributed by atoms with Crippen LogP contribution in [0.5, 0.6) is 0 Å². The van der Waals surface area contributed by atoms with Gasteiger partial charge in [-0.05, 0) is 55.8 Å². The molecule has 3 nitrogen and oxygen atoms in total. The van der Waals surface area contributed by atoms with E-state index in [1.807, 2.05) is 0 Å². The van der Waals surface area contributed by atoms with E-state index in [9.17, 15) is 5.11 Å². The van der Waals surface area contributed by atoms with Crippen molar-refractivity contribution in [1.29, 1.82) is 0 Å². The van der Waals surface area contributed by atoms with Gasteiger partial charge in [0.2, 0.25) is 0 Å². The van der Waals surface area contributed by atoms with E-state index in [1.54, 1.807) is 0 Å². The van der Waals surface area contributed by atoms with E-state index in [-0.39, 0.29) is 12.1 Å². The van der Waals surface area contributed by atoms with Gasteiger partial charge in [0, 0.05) is 19.3 Å². The van der Waals surface area contributed by atoms with Crippen molar-refractivity contribution in [3.8, 4) is 0 Å². The van der Waals surface area contributed by atoms with E-state index >= 15 is 0 Å². The van der Waals surface area contributed by atoms with Gasteiger partial charge in [-0.1, -0.05) is 26.0 Å². The third-order valence-electron chi connectivity index (χ3n) is 4.67. The van der Waals surface area contributed by atoms with E-state index in [4.69, 9.17) is 0 Å². The number of aryl methyl sites for hydroxylation is 1. The molecule has 1 fully saturated rings. The second-order valence-corrected chi connectivity index (χ2v) is 6.39. The van der Waals surface area contributed by atoms with Crippen LogP contribution < -0.4 is 10.2 Å². The molecule has 1 aliphatic rings. The number of aliphatic hydroxyl groups is 1. The smallest absolute Gasteiger partial charge is 0.0633 e. The van der Waals surface area contributed by atoms with Crippen LogP contribution in [-0.4, -0.2) is 37.4 Å². The molecule has 2 N–H and O–H groups in total. The molecule has 3 heteroatoms. The van der Waals surface area contributed by atoms with E-state index < -0.39 is 0 Å². The average molecular weight is 290 g/mol. The highest BCUT2D eigenvalue weighted by atomic mass is 16.3. The van der Waals surface area contributed by atoms with Crippen molar-refractivity contribution in [1.82, 2.24) is 5.32 Å². The van der Waals surface area contributed by atoms with E-state index in [0.29, 0.717) is 5.92 Å². The zero-order valence-electron chi connectivity index (χ0n) is 13.7. The Morgan fingerprint density at radius 1 is 1.24 bits per heavy atom. The maximum Gasteiger partial charge on any atom is 0.0633 e. The summed E-state index contributed by atoms with van der Waals surface area (Å²) in [5.74, 6) is 0.617. The molecule has 1 aromatic rings. The Bertz CT molecular complexity index is 427. The Kier molecular flexibility index (Phi) is 5.65. The molecular formula is C18H30N2O. The molecule has 0 radical (unpaired) electrons. The van der Waals surface area contributed by atoms with Crippen LogP contribution in [0.15, 0.2) is 24.3 Å². The van der Waals surface area contributed by atoms with Crippen LogP contribution in [0, 0.1) is 5.92 Å². The molecule has 1 unspecified atom stereocenters. The highest BCUT2D eigenvalue weighted by molar-refractivity contribution is 5.47. The third kappa shape index (κ3) is 3.98. The summed E-state index contributed by atoms with van der Waals surface area (Å²) in [7, 11) is 2.13. The number of anilines is 1. The number of benzene rings is 1. The normalized spacial score (nSPS) is 17.5. The van der Waals surface area contributed by atoms with Crippen LogP contribution in [0.4, 0.5) is 5.69 Å². The Balaban J connectivity index is 2.07. The third-order valence-corrected chi connectivity index (χ3v) is 4.67. The van der Waals surface area contributed by atoms with Crippen molar-refractivity contribution < 1.29 is 5.11 Å². The molecule has 1 aliphatic carbocycles. The Labute approximate surface area is 129 Å². The van der Waals surface area contributed by atoms with Gasteiger partial charge >= 0.3 is 0 Å². The number of nitrogens with one attached hydrogen (secondary N) is 1. The lowest BCUT2D eigenvalue weighted by molar-refractivity contribution is 0.145. The van der Waals surface area contributed by atoms with Crippen molar-refractivity contribution in [3.63, 3.8) is 0 Å². The topological polar surface area (TPSA) is 35.5 Å². The van der Waals surface area contributed by atoms with Crippen LogP contribution in [0.3, 0.4) is 0 Å². The predicted molar refractivity (Wildman–Crippen MR) is 89.9 cm³/mol. The second-order valence-electron chi connectivity index (χ2n) is 6.39. The first-order chi connectivity index (χ1) is 10.1. The number of hydrogen-bond donors (Lipinski definition) is 2. The standard InChI is InChI=1S/C18H30N2O/c1-4-12-19-18(14-21,16-8-9-16)13-20(3)17-10-6-15(5-2)7-11-17/h6-7,10-11,16,19,21H,4-5,8-9,12-14H2,1-3H3. The molecule has 1 aromatic carbocycles. The first-order valence-electron chi connectivity index (χ1n) is 8.31. The van der Waals surface area contributed by atoms with Crippen molar-refractivity contribution in [2.45, 2.75) is 45.1 Å². The largest absolute Gasteiger partial charge is 0.394 e. The fraction of sp³-hybridized carbons (Fsp3) is 0.667. The minimum Gasteiger partial charge on any atom is -0.394 e. The number of likely N-dealkylation sites (N-methyl/N-ethyl adjacent to an activating group) is 1. The van der Waals surface area contributed by atoms with Crippen molar-refractivity contribution in [2.75, 3.05) is 31.6 Å². The van der Waals surface area contributed by atoms with Gasteiger partial charge in [0.15, 0.2) is 0 Å². The molecule has 0 heterocycles. The van der Waals surface area contributed by atoms with Gasteiger partial charge in [-0.2, -0.15) is 0 Å². The van der Waals surface area contributed by atoms with Gasteiger partial charge in [0.05, 0.1) is 12.1 Å². The maximum atomic E-state index is 10.0. The number of rotatable bonds is 9. The molecule has 0 aliphatic heterocycles. The fourth-order valence-electron chi connectivity index (χ4n) is 3.07. The highest BCUT2D eigenvalue weighted by Gasteiger charge is 2.45. The van der Waals surface area contributed by atoms with Gasteiger partial charge in [0.1, 0.15) is 0 Å². The fourth-order valence-corrected chi connectivity index (χ4v) is 3.07. The minimum absolute atomic E-state index is 0.145. The van der Waals surface area contributed by atoms with E-state index in [0.717, 1.165) is 25.9 Å². The van der Waals surface area contributed by atoms with Crippen LogP contribution in [0.2, 0.25) is 0 Å². The quantitative estimate of drug-likeness (QED) is 0.734. The Morgan fingerprint density at radius 3 is 2.38 bits per heavy atom. The summed E-state index contributed by atoms with van der Waals surface area (Å²) >= 11 is 0. The molecule has 21 heavy (non-hydrogen) atoms. The predicted octanol–water partition coefficient (Wildman–Crippen LogP) is 2.83. The monoisotopic (exact) mass is 290 g/mol. The van der Waals surface area contributed by atoms with Gasteiger partial charge in [-0.15, -0.1) is 0 Å². The molecule has 1 saturated carbocycles. The van der Waals surface area contributed by atoms with Crippen molar-refractivity contribution in [3.05, 3.63) is 29.8 Å². The lowest BCUT2D eigenvalue weighted by Gasteiger charge is -2.38. The summed E-state index contributed by atoms with van der Waals surface area (Å²) < 4.78 is 0. The zero-order valence-corrected chi connectivity index (χ0v) is 13.7.